The Bertz CT molecular complexity index is 856. The van der Waals surface area contributed by atoms with Gasteiger partial charge >= 0.3 is 5.97 Å². The van der Waals surface area contributed by atoms with E-state index >= 15 is 0 Å². The molecule has 0 aliphatic heterocycles. The van der Waals surface area contributed by atoms with Crippen molar-refractivity contribution in [1.82, 2.24) is 4.57 Å². The molecule has 0 bridgehead atoms. The molecule has 0 fully saturated rings. The van der Waals surface area contributed by atoms with E-state index in [9.17, 15) is 9.59 Å². The maximum atomic E-state index is 13.1. The number of nitrogens with zero attached hydrogens (tertiary/aromatic N) is 1. The van der Waals surface area contributed by atoms with Crippen molar-refractivity contribution in [2.75, 3.05) is 13.7 Å². The number of rotatable bonds is 11. The maximum Gasteiger partial charge on any atom is 0.308 e. The second-order valence-corrected chi connectivity index (χ2v) is 6.85. The van der Waals surface area contributed by atoms with E-state index in [0.717, 1.165) is 49.4 Å². The van der Waals surface area contributed by atoms with Gasteiger partial charge in [0.2, 0.25) is 5.75 Å². The van der Waals surface area contributed by atoms with E-state index < -0.39 is 5.97 Å². The van der Waals surface area contributed by atoms with Crippen molar-refractivity contribution in [2.45, 2.75) is 65.8 Å². The van der Waals surface area contributed by atoms with Crippen molar-refractivity contribution >= 4 is 16.9 Å². The number of hydrogen-bond acceptors (Lipinski definition) is 5. The third kappa shape index (κ3) is 5.27. The van der Waals surface area contributed by atoms with Gasteiger partial charge in [0, 0.05) is 24.9 Å². The minimum absolute atomic E-state index is 0.0577. The van der Waals surface area contributed by atoms with Crippen LogP contribution < -0.4 is 19.8 Å². The molecule has 0 atom stereocenters. The number of benzene rings is 1. The molecule has 154 valence electrons. The van der Waals surface area contributed by atoms with Gasteiger partial charge in [-0.3, -0.25) is 9.59 Å². The Kier molecular flexibility index (Phi) is 8.36. The number of carbonyl (C=O) groups excluding carboxylic acids is 1. The summed E-state index contributed by atoms with van der Waals surface area (Å²) in [6, 6.07) is 5.57. The summed E-state index contributed by atoms with van der Waals surface area (Å²) in [6.45, 7) is 6.71. The van der Waals surface area contributed by atoms with E-state index in [4.69, 9.17) is 14.2 Å². The van der Waals surface area contributed by atoms with Crippen LogP contribution in [0.1, 0.15) is 59.3 Å². The number of aromatic nitrogens is 1. The second-order valence-electron chi connectivity index (χ2n) is 6.85. The molecular weight excluding hydrogens is 358 g/mol. The number of unbranched alkanes of at least 4 members (excludes halogenated alkanes) is 4. The first-order chi connectivity index (χ1) is 13.5. The molecule has 6 nitrogen and oxygen atoms in total. The van der Waals surface area contributed by atoms with E-state index in [1.165, 1.54) is 14.0 Å². The zero-order valence-corrected chi connectivity index (χ0v) is 17.4. The molecule has 0 radical (unpaired) electrons. The fraction of sp³-hybridized carbons (Fsp3) is 0.545. The van der Waals surface area contributed by atoms with Crippen LogP contribution in [0.4, 0.5) is 0 Å². The van der Waals surface area contributed by atoms with Crippen LogP contribution in [-0.4, -0.2) is 24.3 Å². The standard InChI is InChI=1S/C22H31NO5/c1-5-7-9-10-13-23-19-15-17(27-14-8-6-2)11-12-18(19)20(26-4)21(22(23)25)28-16(3)24/h11-12,15H,5-10,13-14H2,1-4H3. The van der Waals surface area contributed by atoms with Crippen LogP contribution >= 0.6 is 0 Å². The average Bonchev–Trinajstić information content (AvgIpc) is 2.67. The van der Waals surface area contributed by atoms with Crippen molar-refractivity contribution in [3.05, 3.63) is 28.6 Å². The maximum absolute atomic E-state index is 13.1. The Hall–Kier alpha value is -2.50. The van der Waals surface area contributed by atoms with Gasteiger partial charge in [-0.2, -0.15) is 0 Å². The molecule has 1 heterocycles. The normalized spacial score (nSPS) is 10.9. The smallest absolute Gasteiger partial charge is 0.308 e. The third-order valence-corrected chi connectivity index (χ3v) is 4.60. The molecule has 6 heteroatoms. The quantitative estimate of drug-likeness (QED) is 0.412. The summed E-state index contributed by atoms with van der Waals surface area (Å²) in [5, 5.41) is 0.719. The van der Waals surface area contributed by atoms with Gasteiger partial charge in [-0.05, 0) is 25.0 Å². The lowest BCUT2D eigenvalue weighted by atomic mass is 10.1. The molecule has 0 amide bonds. The molecule has 0 saturated heterocycles. The SMILES string of the molecule is CCCCCCn1c(=O)c(OC(C)=O)c(OC)c2ccc(OCCCC)cc21. The number of methoxy groups -OCH3 is 1. The number of fused-ring (bicyclic) bond motifs is 1. The summed E-state index contributed by atoms with van der Waals surface area (Å²) in [4.78, 5) is 24.6. The van der Waals surface area contributed by atoms with E-state index in [-0.39, 0.29) is 17.1 Å². The highest BCUT2D eigenvalue weighted by Gasteiger charge is 2.21. The van der Waals surface area contributed by atoms with Gasteiger partial charge in [0.1, 0.15) is 5.75 Å². The number of ether oxygens (including phenoxy) is 3. The Labute approximate surface area is 166 Å². The molecule has 0 N–H and O–H groups in total. The van der Waals surface area contributed by atoms with Gasteiger partial charge in [-0.15, -0.1) is 0 Å². The minimum Gasteiger partial charge on any atom is -0.494 e. The highest BCUT2D eigenvalue weighted by Crippen LogP contribution is 2.34. The zero-order chi connectivity index (χ0) is 20.5. The Morgan fingerprint density at radius 1 is 1.04 bits per heavy atom. The van der Waals surface area contributed by atoms with Crippen LogP contribution in [0.2, 0.25) is 0 Å². The molecule has 2 rings (SSSR count). The molecule has 1 aromatic carbocycles. The largest absolute Gasteiger partial charge is 0.494 e. The van der Waals surface area contributed by atoms with E-state index in [1.54, 1.807) is 4.57 Å². The lowest BCUT2D eigenvalue weighted by molar-refractivity contribution is -0.132. The van der Waals surface area contributed by atoms with Crippen LogP contribution in [0.15, 0.2) is 23.0 Å². The summed E-state index contributed by atoms with van der Waals surface area (Å²) in [5.41, 5.74) is 0.366. The number of hydrogen-bond donors (Lipinski definition) is 0. The summed E-state index contributed by atoms with van der Waals surface area (Å²) in [5.74, 6) is 0.384. The lowest BCUT2D eigenvalue weighted by Gasteiger charge is -2.17. The van der Waals surface area contributed by atoms with Crippen LogP contribution in [0.25, 0.3) is 10.9 Å². The first kappa shape index (κ1) is 21.8. The van der Waals surface area contributed by atoms with Gasteiger partial charge in [0.25, 0.3) is 5.56 Å². The van der Waals surface area contributed by atoms with Crippen molar-refractivity contribution in [2.24, 2.45) is 0 Å². The molecule has 28 heavy (non-hydrogen) atoms. The highest BCUT2D eigenvalue weighted by atomic mass is 16.6. The monoisotopic (exact) mass is 389 g/mol. The fourth-order valence-corrected chi connectivity index (χ4v) is 3.16. The topological polar surface area (TPSA) is 66.8 Å². The van der Waals surface area contributed by atoms with Crippen LogP contribution in [0.3, 0.4) is 0 Å². The van der Waals surface area contributed by atoms with E-state index in [1.807, 2.05) is 18.2 Å². The highest BCUT2D eigenvalue weighted by molar-refractivity contribution is 5.90. The summed E-state index contributed by atoms with van der Waals surface area (Å²) >= 11 is 0. The van der Waals surface area contributed by atoms with Crippen LogP contribution in [0.5, 0.6) is 17.2 Å². The molecule has 0 aliphatic carbocycles. The number of esters is 1. The van der Waals surface area contributed by atoms with E-state index in [2.05, 4.69) is 13.8 Å². The fourth-order valence-electron chi connectivity index (χ4n) is 3.16. The number of carbonyl (C=O) groups is 1. The van der Waals surface area contributed by atoms with Crippen molar-refractivity contribution in [3.8, 4) is 17.2 Å². The summed E-state index contributed by atoms with van der Waals surface area (Å²) in [7, 11) is 1.47. The zero-order valence-electron chi connectivity index (χ0n) is 17.4. The second kappa shape index (κ2) is 10.7. The molecule has 1 aromatic heterocycles. The number of aryl methyl sites for hydroxylation is 1. The van der Waals surface area contributed by atoms with Crippen molar-refractivity contribution in [3.63, 3.8) is 0 Å². The molecule has 0 spiro atoms. The summed E-state index contributed by atoms with van der Waals surface area (Å²) < 4.78 is 18.2. The predicted octanol–water partition coefficient (Wildman–Crippen LogP) is 4.69. The Morgan fingerprint density at radius 3 is 2.43 bits per heavy atom. The predicted molar refractivity (Wildman–Crippen MR) is 111 cm³/mol. The number of pyridine rings is 1. The van der Waals surface area contributed by atoms with E-state index in [0.29, 0.717) is 18.9 Å². The minimum atomic E-state index is -0.549. The lowest BCUT2D eigenvalue weighted by Crippen LogP contribution is -2.24. The first-order valence-electron chi connectivity index (χ1n) is 10.1. The van der Waals surface area contributed by atoms with Crippen molar-refractivity contribution < 1.29 is 19.0 Å². The van der Waals surface area contributed by atoms with Gasteiger partial charge in [-0.25, -0.2) is 0 Å². The molecule has 2 aromatic rings. The van der Waals surface area contributed by atoms with Crippen molar-refractivity contribution in [1.29, 1.82) is 0 Å². The molecule has 0 unspecified atom stereocenters. The third-order valence-electron chi connectivity index (χ3n) is 4.60. The Balaban J connectivity index is 2.56. The van der Waals surface area contributed by atoms with Crippen LogP contribution in [-0.2, 0) is 11.3 Å². The van der Waals surface area contributed by atoms with Crippen LogP contribution in [0, 0.1) is 0 Å². The Morgan fingerprint density at radius 2 is 1.79 bits per heavy atom. The first-order valence-corrected chi connectivity index (χ1v) is 10.1. The van der Waals surface area contributed by atoms with Gasteiger partial charge in [0.15, 0.2) is 5.75 Å². The molecular formula is C22H31NO5. The molecule has 0 saturated carbocycles. The van der Waals surface area contributed by atoms with Gasteiger partial charge in [-0.1, -0.05) is 39.5 Å². The van der Waals surface area contributed by atoms with Gasteiger partial charge in [0.05, 0.1) is 19.2 Å². The van der Waals surface area contributed by atoms with Gasteiger partial charge < -0.3 is 18.8 Å². The molecule has 0 aliphatic rings. The summed E-state index contributed by atoms with van der Waals surface area (Å²) in [6.07, 6.45) is 6.16. The average molecular weight is 389 g/mol.